The highest BCUT2D eigenvalue weighted by Crippen LogP contribution is 2.36. The summed E-state index contributed by atoms with van der Waals surface area (Å²) in [5, 5.41) is 0. The quantitative estimate of drug-likeness (QED) is 0.725. The Bertz CT molecular complexity index is 437. The molecule has 0 spiro atoms. The monoisotopic (exact) mass is 292 g/mol. The molecule has 0 amide bonds. The van der Waals surface area contributed by atoms with Crippen LogP contribution in [0.2, 0.25) is 0 Å². The molecule has 0 aliphatic carbocycles. The van der Waals surface area contributed by atoms with Crippen molar-refractivity contribution in [3.63, 3.8) is 0 Å². The summed E-state index contributed by atoms with van der Waals surface area (Å²) in [6, 6.07) is 9.94. The summed E-state index contributed by atoms with van der Waals surface area (Å²) >= 11 is 0. The number of ether oxygens (including phenoxy) is 3. The average Bonchev–Trinajstić information content (AvgIpc) is 2.96. The topological polar surface area (TPSA) is 44.8 Å². The Labute approximate surface area is 126 Å². The third-order valence-electron chi connectivity index (χ3n) is 3.76. The lowest BCUT2D eigenvalue weighted by Crippen LogP contribution is -2.45. The van der Waals surface area contributed by atoms with Gasteiger partial charge < -0.3 is 14.2 Å². The minimum atomic E-state index is -0.836. The third kappa shape index (κ3) is 3.83. The molecule has 0 bridgehead atoms. The van der Waals surface area contributed by atoms with Crippen molar-refractivity contribution in [2.75, 3.05) is 19.8 Å². The van der Waals surface area contributed by atoms with Crippen LogP contribution in [0.15, 0.2) is 30.3 Å². The van der Waals surface area contributed by atoms with Gasteiger partial charge in [-0.1, -0.05) is 43.7 Å². The van der Waals surface area contributed by atoms with Crippen molar-refractivity contribution in [1.29, 1.82) is 0 Å². The summed E-state index contributed by atoms with van der Waals surface area (Å²) in [6.07, 6.45) is 2.16. The van der Waals surface area contributed by atoms with Gasteiger partial charge in [0.05, 0.1) is 19.8 Å². The van der Waals surface area contributed by atoms with Crippen LogP contribution in [0.1, 0.15) is 32.3 Å². The van der Waals surface area contributed by atoms with E-state index in [9.17, 15) is 4.79 Å². The van der Waals surface area contributed by atoms with E-state index in [0.717, 1.165) is 12.0 Å². The minimum Gasteiger partial charge on any atom is -0.466 e. The number of rotatable bonds is 7. The standard InChI is InChI=1S/C17H24O4/c1-3-10-17(20-11-12-21-17)15(16(18)19-4-2)13-14-8-6-5-7-9-14/h5-9,15H,3-4,10-13H2,1-2H3. The first-order valence-corrected chi connectivity index (χ1v) is 7.70. The largest absolute Gasteiger partial charge is 0.466 e. The van der Waals surface area contributed by atoms with E-state index in [4.69, 9.17) is 14.2 Å². The fourth-order valence-corrected chi connectivity index (χ4v) is 2.85. The fourth-order valence-electron chi connectivity index (χ4n) is 2.85. The summed E-state index contributed by atoms with van der Waals surface area (Å²) in [5.74, 6) is -1.50. The second kappa shape index (κ2) is 7.57. The summed E-state index contributed by atoms with van der Waals surface area (Å²) in [6.45, 7) is 5.32. The lowest BCUT2D eigenvalue weighted by atomic mass is 9.88. The van der Waals surface area contributed by atoms with Crippen LogP contribution in [0, 0.1) is 5.92 Å². The zero-order valence-electron chi connectivity index (χ0n) is 12.8. The smallest absolute Gasteiger partial charge is 0.314 e. The SMILES string of the molecule is CCCC1(C(Cc2ccccc2)C(=O)OCC)OCCO1. The van der Waals surface area contributed by atoms with Gasteiger partial charge in [-0.05, 0) is 18.9 Å². The maximum atomic E-state index is 12.4. The molecule has 4 heteroatoms. The van der Waals surface area contributed by atoms with Crippen LogP contribution in [0.3, 0.4) is 0 Å². The first-order chi connectivity index (χ1) is 10.2. The molecule has 1 heterocycles. The minimum absolute atomic E-state index is 0.239. The Kier molecular flexibility index (Phi) is 5.76. The highest BCUT2D eigenvalue weighted by atomic mass is 16.7. The molecule has 21 heavy (non-hydrogen) atoms. The van der Waals surface area contributed by atoms with Gasteiger partial charge in [0, 0.05) is 6.42 Å². The Morgan fingerprint density at radius 3 is 2.48 bits per heavy atom. The molecule has 1 aliphatic heterocycles. The van der Waals surface area contributed by atoms with Crippen molar-refractivity contribution in [2.45, 2.75) is 38.9 Å². The summed E-state index contributed by atoms with van der Waals surface area (Å²) in [5.41, 5.74) is 1.09. The summed E-state index contributed by atoms with van der Waals surface area (Å²) in [7, 11) is 0. The van der Waals surface area contributed by atoms with Gasteiger partial charge in [0.1, 0.15) is 5.92 Å². The Hall–Kier alpha value is -1.39. The third-order valence-corrected chi connectivity index (χ3v) is 3.76. The zero-order valence-corrected chi connectivity index (χ0v) is 12.8. The van der Waals surface area contributed by atoms with E-state index in [1.165, 1.54) is 0 Å². The highest BCUT2D eigenvalue weighted by Gasteiger charge is 2.48. The molecule has 0 radical (unpaired) electrons. The van der Waals surface area contributed by atoms with Crippen molar-refractivity contribution in [3.8, 4) is 0 Å². The van der Waals surface area contributed by atoms with Crippen LogP contribution >= 0.6 is 0 Å². The van der Waals surface area contributed by atoms with Crippen LogP contribution in [-0.4, -0.2) is 31.6 Å². The molecular weight excluding hydrogens is 268 g/mol. The average molecular weight is 292 g/mol. The molecule has 1 aliphatic rings. The van der Waals surface area contributed by atoms with E-state index in [0.29, 0.717) is 32.7 Å². The number of esters is 1. The highest BCUT2D eigenvalue weighted by molar-refractivity contribution is 5.74. The normalized spacial score (nSPS) is 18.4. The zero-order chi connectivity index (χ0) is 15.1. The van der Waals surface area contributed by atoms with E-state index >= 15 is 0 Å². The predicted octanol–water partition coefficient (Wildman–Crippen LogP) is 2.95. The van der Waals surface area contributed by atoms with Gasteiger partial charge in [-0.2, -0.15) is 0 Å². The predicted molar refractivity (Wildman–Crippen MR) is 79.8 cm³/mol. The van der Waals surface area contributed by atoms with Gasteiger partial charge in [0.15, 0.2) is 5.79 Å². The van der Waals surface area contributed by atoms with Crippen LogP contribution in [0.5, 0.6) is 0 Å². The van der Waals surface area contributed by atoms with Gasteiger partial charge in [-0.25, -0.2) is 0 Å². The van der Waals surface area contributed by atoms with Crippen LogP contribution < -0.4 is 0 Å². The molecule has 2 rings (SSSR count). The first kappa shape index (κ1) is 16.0. The van der Waals surface area contributed by atoms with Gasteiger partial charge in [-0.15, -0.1) is 0 Å². The molecule has 1 aromatic rings. The van der Waals surface area contributed by atoms with Crippen molar-refractivity contribution >= 4 is 5.97 Å². The van der Waals surface area contributed by atoms with Crippen molar-refractivity contribution < 1.29 is 19.0 Å². The van der Waals surface area contributed by atoms with Crippen molar-refractivity contribution in [2.24, 2.45) is 5.92 Å². The van der Waals surface area contributed by atoms with Crippen LogP contribution in [-0.2, 0) is 25.4 Å². The second-order valence-electron chi connectivity index (χ2n) is 5.25. The van der Waals surface area contributed by atoms with Gasteiger partial charge in [-0.3, -0.25) is 4.79 Å². The van der Waals surface area contributed by atoms with Crippen molar-refractivity contribution in [3.05, 3.63) is 35.9 Å². The van der Waals surface area contributed by atoms with E-state index in [1.54, 1.807) is 0 Å². The number of carbonyl (C=O) groups excluding carboxylic acids is 1. The molecular formula is C17H24O4. The molecule has 1 fully saturated rings. The van der Waals surface area contributed by atoms with Gasteiger partial charge in [0.25, 0.3) is 0 Å². The molecule has 0 N–H and O–H groups in total. The Balaban J connectivity index is 2.24. The molecule has 1 aromatic carbocycles. The van der Waals surface area contributed by atoms with Crippen LogP contribution in [0.25, 0.3) is 0 Å². The van der Waals surface area contributed by atoms with Crippen molar-refractivity contribution in [1.82, 2.24) is 0 Å². The number of benzene rings is 1. The summed E-state index contributed by atoms with van der Waals surface area (Å²) in [4.78, 5) is 12.4. The molecule has 4 nitrogen and oxygen atoms in total. The first-order valence-electron chi connectivity index (χ1n) is 7.70. The molecule has 1 saturated heterocycles. The molecule has 116 valence electrons. The van der Waals surface area contributed by atoms with E-state index in [1.807, 2.05) is 37.3 Å². The second-order valence-corrected chi connectivity index (χ2v) is 5.25. The van der Waals surface area contributed by atoms with Crippen LogP contribution in [0.4, 0.5) is 0 Å². The maximum Gasteiger partial charge on any atom is 0.314 e. The Morgan fingerprint density at radius 1 is 1.24 bits per heavy atom. The lowest BCUT2D eigenvalue weighted by Gasteiger charge is -2.34. The molecule has 1 atom stereocenters. The summed E-state index contributed by atoms with van der Waals surface area (Å²) < 4.78 is 17.0. The Morgan fingerprint density at radius 2 is 1.90 bits per heavy atom. The maximum absolute atomic E-state index is 12.4. The fraction of sp³-hybridized carbons (Fsp3) is 0.588. The molecule has 0 saturated carbocycles. The number of carbonyl (C=O) groups is 1. The van der Waals surface area contributed by atoms with Gasteiger partial charge >= 0.3 is 5.97 Å². The number of hydrogen-bond acceptors (Lipinski definition) is 4. The van der Waals surface area contributed by atoms with Gasteiger partial charge in [0.2, 0.25) is 0 Å². The molecule has 1 unspecified atom stereocenters. The number of hydrogen-bond donors (Lipinski definition) is 0. The van der Waals surface area contributed by atoms with E-state index < -0.39 is 11.7 Å². The van der Waals surface area contributed by atoms with E-state index in [-0.39, 0.29) is 5.97 Å². The lowest BCUT2D eigenvalue weighted by molar-refractivity contribution is -0.212. The molecule has 0 aromatic heterocycles. The van der Waals surface area contributed by atoms with E-state index in [2.05, 4.69) is 6.92 Å².